The molecule has 2 aliphatic rings. The number of ether oxygens (including phenoxy) is 4. The smallest absolute Gasteiger partial charge is 0.319 e. The minimum atomic E-state index is -1.01. The van der Waals surface area contributed by atoms with Crippen molar-refractivity contribution in [3.63, 3.8) is 0 Å². The molecule has 45 heavy (non-hydrogen) atoms. The Kier molecular flexibility index (Phi) is 8.21. The molecule has 1 aliphatic heterocycles. The van der Waals surface area contributed by atoms with Gasteiger partial charge in [-0.2, -0.15) is 9.97 Å². The van der Waals surface area contributed by atoms with Crippen LogP contribution >= 0.6 is 0 Å². The van der Waals surface area contributed by atoms with E-state index in [1.165, 1.54) is 20.3 Å². The summed E-state index contributed by atoms with van der Waals surface area (Å²) in [5, 5.41) is 12.2. The fraction of sp³-hybridized carbons (Fsp3) is 0.455. The quantitative estimate of drug-likeness (QED) is 0.173. The molecular formula is C33H36F2N4O6. The molecular weight excluding hydrogens is 586 g/mol. The number of benzene rings is 2. The zero-order valence-corrected chi connectivity index (χ0v) is 25.8. The number of hydrogen-bond acceptors (Lipinski definition) is 10. The van der Waals surface area contributed by atoms with E-state index < -0.39 is 22.7 Å². The molecule has 12 heteroatoms. The van der Waals surface area contributed by atoms with Crippen molar-refractivity contribution in [2.45, 2.75) is 51.6 Å². The first-order valence-electron chi connectivity index (χ1n) is 15.0. The maximum Gasteiger partial charge on any atom is 0.319 e. The van der Waals surface area contributed by atoms with E-state index in [4.69, 9.17) is 18.9 Å². The molecule has 2 aromatic carbocycles. The summed E-state index contributed by atoms with van der Waals surface area (Å²) in [5.41, 5.74) is -1.17. The van der Waals surface area contributed by atoms with Crippen LogP contribution in [0.15, 0.2) is 24.3 Å². The summed E-state index contributed by atoms with van der Waals surface area (Å²) in [7, 11) is 2.90. The van der Waals surface area contributed by atoms with Crippen LogP contribution in [0.1, 0.15) is 45.1 Å². The number of methoxy groups -OCH3 is 2. The summed E-state index contributed by atoms with van der Waals surface area (Å²) >= 11 is 0. The number of pyridine rings is 1. The minimum absolute atomic E-state index is 0.0468. The number of halogens is 2. The van der Waals surface area contributed by atoms with Crippen LogP contribution in [-0.4, -0.2) is 72.7 Å². The third kappa shape index (κ3) is 5.84. The van der Waals surface area contributed by atoms with Crippen molar-refractivity contribution in [2.24, 2.45) is 5.41 Å². The average molecular weight is 623 g/mol. The van der Waals surface area contributed by atoms with Crippen molar-refractivity contribution in [1.29, 1.82) is 0 Å². The lowest BCUT2D eigenvalue weighted by Gasteiger charge is -2.38. The molecule has 6 rings (SSSR count). The highest BCUT2D eigenvalue weighted by atomic mass is 19.1. The van der Waals surface area contributed by atoms with Crippen molar-refractivity contribution in [1.82, 2.24) is 15.0 Å². The van der Waals surface area contributed by atoms with Gasteiger partial charge in [0.15, 0.2) is 12.6 Å². The maximum absolute atomic E-state index is 17.0. The summed E-state index contributed by atoms with van der Waals surface area (Å²) in [5.74, 6) is -0.504. The highest BCUT2D eigenvalue weighted by Gasteiger charge is 2.44. The number of carbonyl (C=O) groups is 1. The molecule has 1 saturated carbocycles. The van der Waals surface area contributed by atoms with Crippen LogP contribution < -0.4 is 19.1 Å². The van der Waals surface area contributed by atoms with Gasteiger partial charge in [-0.25, -0.2) is 13.8 Å². The number of β-amino-alcohol motifs (C(OH)–C–C–N with tert-alkyl or cyclic N) is 1. The molecule has 0 unspecified atom stereocenters. The van der Waals surface area contributed by atoms with E-state index in [1.807, 2.05) is 11.8 Å². The van der Waals surface area contributed by atoms with Gasteiger partial charge in [-0.15, -0.1) is 0 Å². The molecule has 238 valence electrons. The molecule has 0 radical (unpaired) electrons. The van der Waals surface area contributed by atoms with E-state index in [-0.39, 0.29) is 54.0 Å². The number of aldehydes is 1. The van der Waals surface area contributed by atoms with Gasteiger partial charge in [-0.1, -0.05) is 13.0 Å². The fourth-order valence-electron chi connectivity index (χ4n) is 6.02. The minimum Gasteiger partial charge on any atom is -0.480 e. The van der Waals surface area contributed by atoms with Crippen LogP contribution in [0.25, 0.3) is 32.9 Å². The van der Waals surface area contributed by atoms with Crippen LogP contribution in [-0.2, 0) is 16.0 Å². The standard InChI is InChI=1S/C33H36F2N4O6/c1-5-21-23(34)8-7-19-13-20(45-18-42-3)14-22(24(19)21)27-26(35)28-25(30(36-27)43-4)29(39-12-6-9-32(2,41)15-39)38-31(37-28)44-17-33(16-40)10-11-33/h7-8,13-14,16,41H,5-6,9-12,15,17-18H2,1-4H3/t32-/m1/s1. The Balaban J connectivity index is 1.61. The number of aromatic nitrogens is 3. The molecule has 3 heterocycles. The summed E-state index contributed by atoms with van der Waals surface area (Å²) < 4.78 is 54.6. The van der Waals surface area contributed by atoms with Gasteiger partial charge in [0.05, 0.1) is 18.1 Å². The third-order valence-corrected chi connectivity index (χ3v) is 8.60. The van der Waals surface area contributed by atoms with Crippen LogP contribution in [0.2, 0.25) is 0 Å². The van der Waals surface area contributed by atoms with Gasteiger partial charge in [0, 0.05) is 25.8 Å². The van der Waals surface area contributed by atoms with Gasteiger partial charge in [-0.3, -0.25) is 0 Å². The zero-order valence-electron chi connectivity index (χ0n) is 25.8. The fourth-order valence-corrected chi connectivity index (χ4v) is 6.02. The van der Waals surface area contributed by atoms with Crippen molar-refractivity contribution in [3.8, 4) is 28.9 Å². The first-order chi connectivity index (χ1) is 21.6. The largest absolute Gasteiger partial charge is 0.480 e. The van der Waals surface area contributed by atoms with E-state index in [0.29, 0.717) is 66.6 Å². The van der Waals surface area contributed by atoms with Gasteiger partial charge in [0.2, 0.25) is 5.88 Å². The number of rotatable bonds is 11. The second kappa shape index (κ2) is 12.0. The van der Waals surface area contributed by atoms with Crippen molar-refractivity contribution < 1.29 is 37.6 Å². The van der Waals surface area contributed by atoms with Crippen LogP contribution in [0.4, 0.5) is 14.6 Å². The Labute approximate surface area is 259 Å². The first kappa shape index (κ1) is 30.8. The number of nitrogens with zero attached hydrogens (tertiary/aromatic N) is 4. The number of anilines is 1. The number of aliphatic hydroxyl groups is 1. The SMILES string of the molecule is CCc1c(F)ccc2cc(OCOC)cc(-c3nc(OC)c4c(N5CCC[C@@](C)(O)C5)nc(OCC5(C=O)CC5)nc4c3F)c12. The lowest BCUT2D eigenvalue weighted by atomic mass is 9.94. The third-order valence-electron chi connectivity index (χ3n) is 8.60. The molecule has 1 aliphatic carbocycles. The maximum atomic E-state index is 17.0. The van der Waals surface area contributed by atoms with Gasteiger partial charge < -0.3 is 33.7 Å². The molecule has 2 fully saturated rings. The number of hydrogen-bond donors (Lipinski definition) is 1. The second-order valence-electron chi connectivity index (χ2n) is 12.1. The molecule has 4 aromatic rings. The predicted molar refractivity (Wildman–Crippen MR) is 164 cm³/mol. The van der Waals surface area contributed by atoms with Crippen molar-refractivity contribution in [2.75, 3.05) is 45.6 Å². The Morgan fingerprint density at radius 1 is 1.07 bits per heavy atom. The molecule has 0 spiro atoms. The number of aryl methyl sites for hydroxylation is 1. The Bertz CT molecular complexity index is 1780. The number of fused-ring (bicyclic) bond motifs is 2. The molecule has 0 amide bonds. The molecule has 1 atom stereocenters. The summed E-state index contributed by atoms with van der Waals surface area (Å²) in [6, 6.07) is 6.20. The zero-order chi connectivity index (χ0) is 31.9. The molecule has 2 aromatic heterocycles. The Morgan fingerprint density at radius 3 is 2.53 bits per heavy atom. The topological polar surface area (TPSA) is 116 Å². The highest BCUT2D eigenvalue weighted by Crippen LogP contribution is 2.45. The molecule has 1 saturated heterocycles. The van der Waals surface area contributed by atoms with E-state index in [0.717, 1.165) is 6.29 Å². The van der Waals surface area contributed by atoms with Gasteiger partial charge in [0.25, 0.3) is 0 Å². The molecule has 1 N–H and O–H groups in total. The number of piperidine rings is 1. The summed E-state index contributed by atoms with van der Waals surface area (Å²) in [4.78, 5) is 27.2. The van der Waals surface area contributed by atoms with Crippen LogP contribution in [0.5, 0.6) is 17.6 Å². The van der Waals surface area contributed by atoms with E-state index >= 15 is 8.78 Å². The lowest BCUT2D eigenvalue weighted by Crippen LogP contribution is -2.46. The summed E-state index contributed by atoms with van der Waals surface area (Å²) in [6.45, 7) is 4.33. The van der Waals surface area contributed by atoms with E-state index in [9.17, 15) is 9.90 Å². The highest BCUT2D eigenvalue weighted by molar-refractivity contribution is 6.03. The predicted octanol–water partition coefficient (Wildman–Crippen LogP) is 5.39. The van der Waals surface area contributed by atoms with Crippen LogP contribution in [0, 0.1) is 17.0 Å². The van der Waals surface area contributed by atoms with E-state index in [1.54, 1.807) is 25.1 Å². The van der Waals surface area contributed by atoms with Gasteiger partial charge in [0.1, 0.15) is 46.9 Å². The van der Waals surface area contributed by atoms with Crippen molar-refractivity contribution >= 4 is 33.8 Å². The first-order valence-corrected chi connectivity index (χ1v) is 15.0. The lowest BCUT2D eigenvalue weighted by molar-refractivity contribution is -0.113. The average Bonchev–Trinajstić information content (AvgIpc) is 3.82. The van der Waals surface area contributed by atoms with Gasteiger partial charge >= 0.3 is 6.01 Å². The van der Waals surface area contributed by atoms with Gasteiger partial charge in [-0.05, 0) is 73.6 Å². The van der Waals surface area contributed by atoms with E-state index in [2.05, 4.69) is 15.0 Å². The molecule has 10 nitrogen and oxygen atoms in total. The second-order valence-corrected chi connectivity index (χ2v) is 12.1. The Hall–Kier alpha value is -4.16. The summed E-state index contributed by atoms with van der Waals surface area (Å²) in [6.07, 6.45) is 3.86. The monoisotopic (exact) mass is 622 g/mol. The Morgan fingerprint density at radius 2 is 1.87 bits per heavy atom. The number of carbonyl (C=O) groups excluding carboxylic acids is 1. The van der Waals surface area contributed by atoms with Crippen LogP contribution in [0.3, 0.4) is 0 Å². The molecule has 0 bridgehead atoms. The normalized spacial score (nSPS) is 19.1. The van der Waals surface area contributed by atoms with Crippen molar-refractivity contribution in [3.05, 3.63) is 41.5 Å².